The molecule has 1 aliphatic heterocycles. The molecule has 1 N–H and O–H groups in total. The number of nitrogens with zero attached hydrogens (tertiary/aromatic N) is 4. The van der Waals surface area contributed by atoms with E-state index in [0.717, 1.165) is 29.9 Å². The van der Waals surface area contributed by atoms with Crippen LogP contribution in [0, 0.1) is 0 Å². The molecule has 0 aliphatic carbocycles. The molecular formula is C22H26N4O2. The number of imidazole rings is 1. The van der Waals surface area contributed by atoms with Crippen molar-refractivity contribution in [3.63, 3.8) is 0 Å². The summed E-state index contributed by atoms with van der Waals surface area (Å²) in [5, 5.41) is 10.3. The number of aromatic nitrogens is 2. The van der Waals surface area contributed by atoms with Gasteiger partial charge in [-0.05, 0) is 57.2 Å². The van der Waals surface area contributed by atoms with Gasteiger partial charge in [-0.1, -0.05) is 12.1 Å². The SMILES string of the molecule is CCN1C=CN(c2ccc(Oc3nc4ccccc4n3CC(C)(C)O)cc2)C1. The van der Waals surface area contributed by atoms with Gasteiger partial charge in [-0.15, -0.1) is 0 Å². The molecule has 1 aliphatic rings. The maximum atomic E-state index is 10.3. The van der Waals surface area contributed by atoms with Crippen LogP contribution < -0.4 is 9.64 Å². The summed E-state index contributed by atoms with van der Waals surface area (Å²) in [6.45, 7) is 7.95. The van der Waals surface area contributed by atoms with Crippen molar-refractivity contribution in [1.82, 2.24) is 14.5 Å². The topological polar surface area (TPSA) is 53.8 Å². The Morgan fingerprint density at radius 2 is 1.82 bits per heavy atom. The van der Waals surface area contributed by atoms with Crippen LogP contribution >= 0.6 is 0 Å². The van der Waals surface area contributed by atoms with Gasteiger partial charge in [0.25, 0.3) is 0 Å². The van der Waals surface area contributed by atoms with E-state index >= 15 is 0 Å². The van der Waals surface area contributed by atoms with Gasteiger partial charge < -0.3 is 19.6 Å². The monoisotopic (exact) mass is 378 g/mol. The average molecular weight is 378 g/mol. The molecular weight excluding hydrogens is 352 g/mol. The van der Waals surface area contributed by atoms with E-state index in [-0.39, 0.29) is 0 Å². The summed E-state index contributed by atoms with van der Waals surface area (Å²) >= 11 is 0. The lowest BCUT2D eigenvalue weighted by molar-refractivity contribution is 0.0606. The van der Waals surface area contributed by atoms with Crippen LogP contribution in [0.1, 0.15) is 20.8 Å². The van der Waals surface area contributed by atoms with Gasteiger partial charge in [0.05, 0.1) is 29.8 Å². The fraction of sp³-hybridized carbons (Fsp3) is 0.318. The fourth-order valence-electron chi connectivity index (χ4n) is 3.32. The molecule has 0 fully saturated rings. The smallest absolute Gasteiger partial charge is 0.303 e. The second-order valence-corrected chi connectivity index (χ2v) is 7.69. The van der Waals surface area contributed by atoms with E-state index < -0.39 is 5.60 Å². The third kappa shape index (κ3) is 3.82. The van der Waals surface area contributed by atoms with Crippen LogP contribution in [-0.4, -0.2) is 38.4 Å². The lowest BCUT2D eigenvalue weighted by atomic mass is 10.1. The van der Waals surface area contributed by atoms with Crippen LogP contribution in [0.3, 0.4) is 0 Å². The first-order valence-corrected chi connectivity index (χ1v) is 9.57. The van der Waals surface area contributed by atoms with E-state index in [4.69, 9.17) is 4.74 Å². The zero-order valence-corrected chi connectivity index (χ0v) is 16.5. The van der Waals surface area contributed by atoms with Gasteiger partial charge in [-0.3, -0.25) is 4.57 Å². The van der Waals surface area contributed by atoms with Crippen molar-refractivity contribution in [2.45, 2.75) is 32.9 Å². The lowest BCUT2D eigenvalue weighted by Gasteiger charge is -2.21. The Morgan fingerprint density at radius 1 is 1.07 bits per heavy atom. The van der Waals surface area contributed by atoms with Crippen molar-refractivity contribution in [3.05, 3.63) is 60.9 Å². The van der Waals surface area contributed by atoms with Crippen LogP contribution in [0.25, 0.3) is 11.0 Å². The van der Waals surface area contributed by atoms with E-state index in [9.17, 15) is 5.11 Å². The Bertz CT molecular complexity index is 986. The van der Waals surface area contributed by atoms with Crippen LogP contribution in [0.15, 0.2) is 60.9 Å². The second kappa shape index (κ2) is 7.20. The number of fused-ring (bicyclic) bond motifs is 1. The molecule has 1 aromatic heterocycles. The third-order valence-electron chi connectivity index (χ3n) is 4.74. The molecule has 0 saturated heterocycles. The number of aliphatic hydroxyl groups is 1. The van der Waals surface area contributed by atoms with E-state index in [1.54, 1.807) is 13.8 Å². The summed E-state index contributed by atoms with van der Waals surface area (Å²) in [4.78, 5) is 9.05. The molecule has 4 rings (SSSR count). The standard InChI is InChI=1S/C22H26N4O2/c1-4-24-13-14-25(16-24)17-9-11-18(12-10-17)28-21-23-19-7-5-6-8-20(19)26(21)15-22(2,3)27/h5-14,27H,4,15-16H2,1-3H3. The quantitative estimate of drug-likeness (QED) is 0.698. The zero-order chi connectivity index (χ0) is 19.7. The normalized spacial score (nSPS) is 14.3. The highest BCUT2D eigenvalue weighted by atomic mass is 16.5. The molecule has 0 amide bonds. The first-order chi connectivity index (χ1) is 13.4. The molecule has 0 saturated carbocycles. The van der Waals surface area contributed by atoms with Gasteiger partial charge in [-0.25, -0.2) is 0 Å². The second-order valence-electron chi connectivity index (χ2n) is 7.69. The van der Waals surface area contributed by atoms with Gasteiger partial charge in [0.2, 0.25) is 0 Å². The predicted molar refractivity (Wildman–Crippen MR) is 111 cm³/mol. The van der Waals surface area contributed by atoms with Gasteiger partial charge in [0.15, 0.2) is 0 Å². The Hall–Kier alpha value is -2.99. The van der Waals surface area contributed by atoms with Gasteiger partial charge in [0, 0.05) is 24.6 Å². The number of para-hydroxylation sites is 2. The highest BCUT2D eigenvalue weighted by Gasteiger charge is 2.20. The number of hydrogen-bond acceptors (Lipinski definition) is 5. The molecule has 2 aromatic carbocycles. The average Bonchev–Trinajstić information content (AvgIpc) is 3.27. The van der Waals surface area contributed by atoms with Crippen LogP contribution in [-0.2, 0) is 6.54 Å². The Morgan fingerprint density at radius 3 is 2.50 bits per heavy atom. The predicted octanol–water partition coefficient (Wildman–Crippen LogP) is 4.17. The summed E-state index contributed by atoms with van der Waals surface area (Å²) in [6, 6.07) is 16.3. The van der Waals surface area contributed by atoms with Crippen molar-refractivity contribution in [3.8, 4) is 11.8 Å². The molecule has 0 radical (unpaired) electrons. The molecule has 2 heterocycles. The van der Waals surface area contributed by atoms with Gasteiger partial charge in [-0.2, -0.15) is 4.98 Å². The fourth-order valence-corrected chi connectivity index (χ4v) is 3.32. The number of anilines is 1. The zero-order valence-electron chi connectivity index (χ0n) is 16.5. The lowest BCUT2D eigenvalue weighted by Crippen LogP contribution is -2.26. The van der Waals surface area contributed by atoms with E-state index in [1.807, 2.05) is 53.1 Å². The molecule has 28 heavy (non-hydrogen) atoms. The summed E-state index contributed by atoms with van der Waals surface area (Å²) in [7, 11) is 0. The summed E-state index contributed by atoms with van der Waals surface area (Å²) < 4.78 is 8.02. The van der Waals surface area contributed by atoms with Crippen LogP contribution in [0.4, 0.5) is 5.69 Å². The highest BCUT2D eigenvalue weighted by Crippen LogP contribution is 2.29. The Labute approximate surface area is 165 Å². The minimum atomic E-state index is -0.876. The number of benzene rings is 2. The number of hydrogen-bond donors (Lipinski definition) is 1. The summed E-state index contributed by atoms with van der Waals surface area (Å²) in [5.41, 5.74) is 2.03. The first kappa shape index (κ1) is 18.4. The number of rotatable bonds is 6. The molecule has 6 nitrogen and oxygen atoms in total. The van der Waals surface area contributed by atoms with Crippen molar-refractivity contribution < 1.29 is 9.84 Å². The molecule has 0 spiro atoms. The van der Waals surface area contributed by atoms with Crippen molar-refractivity contribution >= 4 is 16.7 Å². The molecule has 6 heteroatoms. The minimum absolute atomic E-state index is 0.395. The third-order valence-corrected chi connectivity index (χ3v) is 4.74. The Kier molecular flexibility index (Phi) is 4.73. The molecule has 146 valence electrons. The van der Waals surface area contributed by atoms with Crippen LogP contribution in [0.5, 0.6) is 11.8 Å². The largest absolute Gasteiger partial charge is 0.425 e. The molecule has 0 unspecified atom stereocenters. The minimum Gasteiger partial charge on any atom is -0.425 e. The highest BCUT2D eigenvalue weighted by molar-refractivity contribution is 5.76. The number of ether oxygens (including phenoxy) is 1. The summed E-state index contributed by atoms with van der Waals surface area (Å²) in [6.07, 6.45) is 4.19. The van der Waals surface area contributed by atoms with Crippen molar-refractivity contribution in [2.24, 2.45) is 0 Å². The molecule has 0 atom stereocenters. The first-order valence-electron chi connectivity index (χ1n) is 9.57. The molecule has 3 aromatic rings. The van der Waals surface area contributed by atoms with Gasteiger partial charge in [0.1, 0.15) is 5.75 Å². The Balaban J connectivity index is 1.58. The summed E-state index contributed by atoms with van der Waals surface area (Å²) in [5.74, 6) is 0.714. The van der Waals surface area contributed by atoms with Crippen molar-refractivity contribution in [1.29, 1.82) is 0 Å². The van der Waals surface area contributed by atoms with E-state index in [1.165, 1.54) is 0 Å². The maximum absolute atomic E-state index is 10.3. The van der Waals surface area contributed by atoms with Gasteiger partial charge >= 0.3 is 6.01 Å². The van der Waals surface area contributed by atoms with Crippen LogP contribution in [0.2, 0.25) is 0 Å². The van der Waals surface area contributed by atoms with E-state index in [0.29, 0.717) is 18.3 Å². The van der Waals surface area contributed by atoms with E-state index in [2.05, 4.69) is 34.1 Å². The van der Waals surface area contributed by atoms with Crippen molar-refractivity contribution in [2.75, 3.05) is 18.1 Å². The molecule has 0 bridgehead atoms. The maximum Gasteiger partial charge on any atom is 0.303 e.